The van der Waals surface area contributed by atoms with E-state index < -0.39 is 10.0 Å². The average Bonchev–Trinajstić information content (AvgIpc) is 2.57. The van der Waals surface area contributed by atoms with Crippen LogP contribution in [0.1, 0.15) is 12.5 Å². The number of sulfonamides is 1. The van der Waals surface area contributed by atoms with E-state index >= 15 is 0 Å². The Bertz CT molecular complexity index is 864. The summed E-state index contributed by atoms with van der Waals surface area (Å²) in [5.74, 6) is 0. The summed E-state index contributed by atoms with van der Waals surface area (Å²) in [6.07, 6.45) is 0. The van der Waals surface area contributed by atoms with Crippen LogP contribution in [0.5, 0.6) is 0 Å². The molecule has 2 aromatic rings. The summed E-state index contributed by atoms with van der Waals surface area (Å²) in [4.78, 5) is 2.21. The molecule has 0 aliphatic carbocycles. The molecule has 7 heteroatoms. The zero-order chi connectivity index (χ0) is 18.6. The van der Waals surface area contributed by atoms with Gasteiger partial charge in [-0.05, 0) is 55.9 Å². The van der Waals surface area contributed by atoms with E-state index in [2.05, 4.69) is 5.32 Å². The van der Waals surface area contributed by atoms with Crippen molar-refractivity contribution >= 4 is 38.7 Å². The second-order valence-electron chi connectivity index (χ2n) is 5.78. The SMILES string of the molecule is CCN(C(=S)Nc1cccc(S(=O)(=O)N(C)C)c1)c1ccccc1C. The molecule has 0 aromatic heterocycles. The summed E-state index contributed by atoms with van der Waals surface area (Å²) in [7, 11) is -0.461. The van der Waals surface area contributed by atoms with Gasteiger partial charge in [-0.1, -0.05) is 24.3 Å². The van der Waals surface area contributed by atoms with Crippen molar-refractivity contribution in [1.29, 1.82) is 0 Å². The predicted molar refractivity (Wildman–Crippen MR) is 108 cm³/mol. The Morgan fingerprint density at radius 1 is 1.12 bits per heavy atom. The minimum Gasteiger partial charge on any atom is -0.332 e. The van der Waals surface area contributed by atoms with Gasteiger partial charge in [0.05, 0.1) is 4.90 Å². The molecule has 0 radical (unpaired) electrons. The number of rotatable bonds is 5. The third-order valence-electron chi connectivity index (χ3n) is 3.83. The van der Waals surface area contributed by atoms with Crippen LogP contribution in [0, 0.1) is 6.92 Å². The van der Waals surface area contributed by atoms with Crippen LogP contribution in [-0.2, 0) is 10.0 Å². The topological polar surface area (TPSA) is 52.7 Å². The molecule has 0 bridgehead atoms. The van der Waals surface area contributed by atoms with Crippen molar-refractivity contribution in [2.75, 3.05) is 30.9 Å². The lowest BCUT2D eigenvalue weighted by atomic mass is 10.2. The summed E-state index contributed by atoms with van der Waals surface area (Å²) in [6.45, 7) is 4.75. The molecule has 0 heterocycles. The first-order valence-corrected chi connectivity index (χ1v) is 9.79. The molecule has 5 nitrogen and oxygen atoms in total. The van der Waals surface area contributed by atoms with Crippen molar-refractivity contribution in [2.45, 2.75) is 18.7 Å². The quantitative estimate of drug-likeness (QED) is 0.809. The molecule has 0 unspecified atom stereocenters. The van der Waals surface area contributed by atoms with Gasteiger partial charge in [0.1, 0.15) is 0 Å². The molecule has 1 N–H and O–H groups in total. The third kappa shape index (κ3) is 4.36. The number of para-hydroxylation sites is 1. The van der Waals surface area contributed by atoms with Gasteiger partial charge >= 0.3 is 0 Å². The first-order valence-electron chi connectivity index (χ1n) is 7.94. The Labute approximate surface area is 155 Å². The van der Waals surface area contributed by atoms with Crippen LogP contribution in [0.2, 0.25) is 0 Å². The molecule has 0 fully saturated rings. The fourth-order valence-electron chi connectivity index (χ4n) is 2.43. The zero-order valence-electron chi connectivity index (χ0n) is 14.9. The number of thiocarbonyl (C=S) groups is 1. The standard InChI is InChI=1S/C18H23N3O2S2/c1-5-21(17-12-7-6-9-14(17)2)18(24)19-15-10-8-11-16(13-15)25(22,23)20(3)4/h6-13H,5H2,1-4H3,(H,19,24). The molecular formula is C18H23N3O2S2. The first kappa shape index (κ1) is 19.4. The number of anilines is 2. The third-order valence-corrected chi connectivity index (χ3v) is 5.97. The average molecular weight is 378 g/mol. The van der Waals surface area contributed by atoms with Crippen LogP contribution < -0.4 is 10.2 Å². The van der Waals surface area contributed by atoms with E-state index in [1.54, 1.807) is 24.3 Å². The fourth-order valence-corrected chi connectivity index (χ4v) is 3.72. The minimum absolute atomic E-state index is 0.226. The number of nitrogens with one attached hydrogen (secondary N) is 1. The van der Waals surface area contributed by atoms with Crippen LogP contribution in [-0.4, -0.2) is 38.5 Å². The Morgan fingerprint density at radius 3 is 2.40 bits per heavy atom. The van der Waals surface area contributed by atoms with Gasteiger partial charge in [0.2, 0.25) is 10.0 Å². The van der Waals surface area contributed by atoms with Gasteiger partial charge in [0.15, 0.2) is 5.11 Å². The molecule has 0 amide bonds. The molecule has 0 saturated carbocycles. The van der Waals surface area contributed by atoms with Crippen LogP contribution in [0.15, 0.2) is 53.4 Å². The molecule has 0 spiro atoms. The molecular weight excluding hydrogens is 354 g/mol. The number of nitrogens with zero attached hydrogens (tertiary/aromatic N) is 2. The second kappa shape index (κ2) is 7.95. The molecule has 0 aliphatic rings. The molecule has 2 aromatic carbocycles. The monoisotopic (exact) mass is 377 g/mol. The van der Waals surface area contributed by atoms with Gasteiger partial charge in [-0.25, -0.2) is 12.7 Å². The predicted octanol–water partition coefficient (Wildman–Crippen LogP) is 3.47. The lowest BCUT2D eigenvalue weighted by molar-refractivity contribution is 0.521. The van der Waals surface area contributed by atoms with Crippen molar-refractivity contribution < 1.29 is 8.42 Å². The van der Waals surface area contributed by atoms with E-state index in [0.29, 0.717) is 17.3 Å². The lowest BCUT2D eigenvalue weighted by Gasteiger charge is -2.26. The van der Waals surface area contributed by atoms with Crippen molar-refractivity contribution in [2.24, 2.45) is 0 Å². The number of aryl methyl sites for hydroxylation is 1. The molecule has 0 atom stereocenters. The maximum absolute atomic E-state index is 12.3. The highest BCUT2D eigenvalue weighted by Crippen LogP contribution is 2.22. The summed E-state index contributed by atoms with van der Waals surface area (Å²) >= 11 is 5.54. The highest BCUT2D eigenvalue weighted by atomic mass is 32.2. The smallest absolute Gasteiger partial charge is 0.242 e. The van der Waals surface area contributed by atoms with E-state index in [9.17, 15) is 8.42 Å². The van der Waals surface area contributed by atoms with Crippen LogP contribution >= 0.6 is 12.2 Å². The van der Waals surface area contributed by atoms with E-state index in [4.69, 9.17) is 12.2 Å². The Balaban J connectivity index is 2.27. The van der Waals surface area contributed by atoms with Gasteiger partial charge in [-0.2, -0.15) is 0 Å². The lowest BCUT2D eigenvalue weighted by Crippen LogP contribution is -2.35. The van der Waals surface area contributed by atoms with Crippen LogP contribution in [0.25, 0.3) is 0 Å². The van der Waals surface area contributed by atoms with Gasteiger partial charge in [-0.3, -0.25) is 0 Å². The first-order chi connectivity index (χ1) is 11.8. The minimum atomic E-state index is -3.48. The summed E-state index contributed by atoms with van der Waals surface area (Å²) < 4.78 is 25.8. The summed E-state index contributed by atoms with van der Waals surface area (Å²) in [6, 6.07) is 14.7. The molecule has 2 rings (SSSR count). The Hall–Kier alpha value is -1.96. The molecule has 25 heavy (non-hydrogen) atoms. The number of hydrogen-bond donors (Lipinski definition) is 1. The van der Waals surface area contributed by atoms with Gasteiger partial charge in [0, 0.05) is 32.0 Å². The summed E-state index contributed by atoms with van der Waals surface area (Å²) in [5.41, 5.74) is 2.79. The largest absolute Gasteiger partial charge is 0.332 e. The zero-order valence-corrected chi connectivity index (χ0v) is 16.5. The van der Waals surface area contributed by atoms with E-state index in [-0.39, 0.29) is 4.90 Å². The fraction of sp³-hybridized carbons (Fsp3) is 0.278. The highest BCUT2D eigenvalue weighted by Gasteiger charge is 2.18. The van der Waals surface area contributed by atoms with Gasteiger partial charge in [0.25, 0.3) is 0 Å². The van der Waals surface area contributed by atoms with Crippen LogP contribution in [0.3, 0.4) is 0 Å². The van der Waals surface area contributed by atoms with Crippen molar-refractivity contribution in [3.05, 3.63) is 54.1 Å². The molecule has 0 aliphatic heterocycles. The highest BCUT2D eigenvalue weighted by molar-refractivity contribution is 7.89. The summed E-state index contributed by atoms with van der Waals surface area (Å²) in [5, 5.41) is 3.67. The van der Waals surface area contributed by atoms with Crippen LogP contribution in [0.4, 0.5) is 11.4 Å². The van der Waals surface area contributed by atoms with Gasteiger partial charge < -0.3 is 10.2 Å². The van der Waals surface area contributed by atoms with Gasteiger partial charge in [-0.15, -0.1) is 0 Å². The molecule has 0 saturated heterocycles. The van der Waals surface area contributed by atoms with E-state index in [1.165, 1.54) is 18.4 Å². The second-order valence-corrected chi connectivity index (χ2v) is 8.31. The van der Waals surface area contributed by atoms with Crippen molar-refractivity contribution in [1.82, 2.24) is 4.31 Å². The van der Waals surface area contributed by atoms with E-state index in [1.807, 2.05) is 43.0 Å². The normalized spacial score (nSPS) is 11.4. The number of benzene rings is 2. The molecule has 134 valence electrons. The van der Waals surface area contributed by atoms with Crippen molar-refractivity contribution in [3.63, 3.8) is 0 Å². The maximum atomic E-state index is 12.3. The van der Waals surface area contributed by atoms with E-state index in [0.717, 1.165) is 11.3 Å². The maximum Gasteiger partial charge on any atom is 0.242 e. The Morgan fingerprint density at radius 2 is 1.80 bits per heavy atom. The van der Waals surface area contributed by atoms with Crippen molar-refractivity contribution in [3.8, 4) is 0 Å². The Kier molecular flexibility index (Phi) is 6.16. The number of hydrogen-bond acceptors (Lipinski definition) is 3.